The lowest BCUT2D eigenvalue weighted by atomic mass is 10.3. The minimum absolute atomic E-state index is 0.103. The third-order valence-corrected chi connectivity index (χ3v) is 2.37. The summed E-state index contributed by atoms with van der Waals surface area (Å²) >= 11 is 0. The predicted molar refractivity (Wildman–Crippen MR) is 56.9 cm³/mol. The molecule has 1 atom stereocenters. The second kappa shape index (κ2) is 4.91. The lowest BCUT2D eigenvalue weighted by molar-refractivity contribution is -0.386. The van der Waals surface area contributed by atoms with Gasteiger partial charge in [-0.05, 0) is 13.8 Å². The Labute approximate surface area is 97.0 Å². The highest BCUT2D eigenvalue weighted by molar-refractivity contribution is 5.72. The Hall–Kier alpha value is -1.96. The normalized spacial score (nSPS) is 12.4. The van der Waals surface area contributed by atoms with Crippen LogP contribution in [0.25, 0.3) is 0 Å². The van der Waals surface area contributed by atoms with E-state index in [0.29, 0.717) is 0 Å². The average Bonchev–Trinajstić information content (AvgIpc) is 2.50. The van der Waals surface area contributed by atoms with Crippen LogP contribution in [0.2, 0.25) is 0 Å². The molecule has 0 aliphatic heterocycles. The van der Waals surface area contributed by atoms with E-state index in [1.54, 1.807) is 0 Å². The number of hydrogen-bond donors (Lipinski definition) is 1. The molecule has 0 amide bonds. The Balaban J connectivity index is 3.26. The zero-order valence-corrected chi connectivity index (χ0v) is 9.71. The molecule has 0 fully saturated rings. The summed E-state index contributed by atoms with van der Waals surface area (Å²) in [6, 6.07) is -1.06. The Bertz CT molecular complexity index is 454. The van der Waals surface area contributed by atoms with Gasteiger partial charge in [0.15, 0.2) is 6.04 Å². The molecule has 1 aromatic heterocycles. The molecule has 8 nitrogen and oxygen atoms in total. The van der Waals surface area contributed by atoms with Crippen molar-refractivity contribution >= 4 is 11.7 Å². The van der Waals surface area contributed by atoms with Crippen molar-refractivity contribution in [2.24, 2.45) is 0 Å². The van der Waals surface area contributed by atoms with E-state index in [1.807, 2.05) is 0 Å². The number of carbonyl (C=O) groups is 1. The number of hydrogen-bond acceptors (Lipinski definition) is 5. The summed E-state index contributed by atoms with van der Waals surface area (Å²) in [7, 11) is 1.36. The van der Waals surface area contributed by atoms with Gasteiger partial charge in [-0.2, -0.15) is 5.10 Å². The molecule has 0 saturated heterocycles. The fourth-order valence-corrected chi connectivity index (χ4v) is 1.63. The fourth-order valence-electron chi connectivity index (χ4n) is 1.63. The topological polar surface area (TPSA) is 107 Å². The maximum absolute atomic E-state index is 11.0. The van der Waals surface area contributed by atoms with Crippen molar-refractivity contribution in [3.63, 3.8) is 0 Å². The molecule has 0 radical (unpaired) electrons. The molecule has 94 valence electrons. The number of carboxylic acid groups (broad SMARTS) is 1. The average molecular weight is 243 g/mol. The Morgan fingerprint density at radius 3 is 2.59 bits per heavy atom. The summed E-state index contributed by atoms with van der Waals surface area (Å²) in [5.41, 5.74) is 0.235. The maximum Gasteiger partial charge on any atom is 0.330 e. The number of nitrogens with zero attached hydrogens (tertiary/aromatic N) is 3. The maximum atomic E-state index is 11.0. The fraction of sp³-hybridized carbons (Fsp3) is 0.556. The summed E-state index contributed by atoms with van der Waals surface area (Å²) in [6.07, 6.45) is 0. The molecule has 1 rings (SSSR count). The number of methoxy groups -OCH3 is 1. The van der Waals surface area contributed by atoms with Crippen molar-refractivity contribution in [1.29, 1.82) is 0 Å². The molecule has 1 aromatic rings. The number of aliphatic carboxylic acids is 1. The van der Waals surface area contributed by atoms with Crippen LogP contribution in [-0.4, -0.2) is 39.5 Å². The Kier molecular flexibility index (Phi) is 3.79. The molecule has 1 N–H and O–H groups in total. The zero-order valence-electron chi connectivity index (χ0n) is 9.71. The molecule has 0 aromatic carbocycles. The van der Waals surface area contributed by atoms with Crippen LogP contribution in [0.1, 0.15) is 17.4 Å². The molecular formula is C9H13N3O5. The van der Waals surface area contributed by atoms with Gasteiger partial charge in [0.25, 0.3) is 0 Å². The monoisotopic (exact) mass is 243 g/mol. The van der Waals surface area contributed by atoms with E-state index in [9.17, 15) is 14.9 Å². The van der Waals surface area contributed by atoms with E-state index in [-0.39, 0.29) is 23.7 Å². The van der Waals surface area contributed by atoms with Gasteiger partial charge in [0.05, 0.1) is 11.5 Å². The summed E-state index contributed by atoms with van der Waals surface area (Å²) < 4.78 is 5.88. The standard InChI is InChI=1S/C9H13N3O5/c1-5-8(12(15)16)6(2)11(10-5)7(4-17-3)9(13)14/h7H,4H2,1-3H3,(H,13,14). The Morgan fingerprint density at radius 1 is 1.65 bits per heavy atom. The minimum atomic E-state index is -1.15. The molecule has 0 bridgehead atoms. The smallest absolute Gasteiger partial charge is 0.330 e. The lowest BCUT2D eigenvalue weighted by Gasteiger charge is -2.12. The second-order valence-electron chi connectivity index (χ2n) is 3.53. The Morgan fingerprint density at radius 2 is 2.24 bits per heavy atom. The summed E-state index contributed by atoms with van der Waals surface area (Å²) in [4.78, 5) is 21.2. The van der Waals surface area contributed by atoms with E-state index in [2.05, 4.69) is 5.10 Å². The van der Waals surface area contributed by atoms with Crippen LogP contribution in [-0.2, 0) is 9.53 Å². The first kappa shape index (κ1) is 13.1. The van der Waals surface area contributed by atoms with Gasteiger partial charge in [0, 0.05) is 7.11 Å². The first-order valence-corrected chi connectivity index (χ1v) is 4.82. The SMILES string of the molecule is COCC(C(=O)O)n1nc(C)c([N+](=O)[O-])c1C. The van der Waals surface area contributed by atoms with Crippen molar-refractivity contribution in [1.82, 2.24) is 9.78 Å². The van der Waals surface area contributed by atoms with Gasteiger partial charge in [-0.15, -0.1) is 0 Å². The van der Waals surface area contributed by atoms with Crippen LogP contribution in [0.4, 0.5) is 5.69 Å². The van der Waals surface area contributed by atoms with Gasteiger partial charge in [-0.3, -0.25) is 10.1 Å². The molecule has 17 heavy (non-hydrogen) atoms. The number of aryl methyl sites for hydroxylation is 1. The van der Waals surface area contributed by atoms with E-state index < -0.39 is 16.9 Å². The molecule has 1 unspecified atom stereocenters. The van der Waals surface area contributed by atoms with E-state index >= 15 is 0 Å². The third kappa shape index (κ3) is 2.41. The van der Waals surface area contributed by atoms with Crippen LogP contribution < -0.4 is 0 Å². The van der Waals surface area contributed by atoms with Crippen LogP contribution in [0.5, 0.6) is 0 Å². The molecule has 0 aliphatic rings. The summed E-state index contributed by atoms with van der Waals surface area (Å²) in [6.45, 7) is 2.82. The van der Waals surface area contributed by atoms with Crippen LogP contribution in [0.15, 0.2) is 0 Å². The van der Waals surface area contributed by atoms with Crippen LogP contribution in [0, 0.1) is 24.0 Å². The zero-order chi connectivity index (χ0) is 13.2. The number of carboxylic acids is 1. The van der Waals surface area contributed by atoms with Gasteiger partial charge in [-0.1, -0.05) is 0 Å². The van der Waals surface area contributed by atoms with E-state index in [0.717, 1.165) is 4.68 Å². The highest BCUT2D eigenvalue weighted by Crippen LogP contribution is 2.24. The highest BCUT2D eigenvalue weighted by Gasteiger charge is 2.29. The van der Waals surface area contributed by atoms with E-state index in [1.165, 1.54) is 21.0 Å². The van der Waals surface area contributed by atoms with Gasteiger partial charge < -0.3 is 9.84 Å². The first-order chi connectivity index (χ1) is 7.90. The third-order valence-electron chi connectivity index (χ3n) is 2.37. The number of ether oxygens (including phenoxy) is 1. The first-order valence-electron chi connectivity index (χ1n) is 4.82. The van der Waals surface area contributed by atoms with E-state index in [4.69, 9.17) is 9.84 Å². The van der Waals surface area contributed by atoms with Gasteiger partial charge in [0.1, 0.15) is 11.4 Å². The molecule has 1 heterocycles. The lowest BCUT2D eigenvalue weighted by Crippen LogP contribution is -2.25. The molecule has 0 aliphatic carbocycles. The molecule has 8 heteroatoms. The summed E-state index contributed by atoms with van der Waals surface area (Å²) in [5.74, 6) is -1.15. The molecule has 0 saturated carbocycles. The predicted octanol–water partition coefficient (Wildman–Crippen LogP) is 0.680. The molecule has 0 spiro atoms. The van der Waals surface area contributed by atoms with Crippen LogP contribution in [0.3, 0.4) is 0 Å². The van der Waals surface area contributed by atoms with Crippen LogP contribution >= 0.6 is 0 Å². The number of rotatable bonds is 5. The van der Waals surface area contributed by atoms with Crippen molar-refractivity contribution < 1.29 is 19.6 Å². The largest absolute Gasteiger partial charge is 0.480 e. The number of nitro groups is 1. The summed E-state index contributed by atoms with van der Waals surface area (Å²) in [5, 5.41) is 23.7. The molecular weight excluding hydrogens is 230 g/mol. The van der Waals surface area contributed by atoms with Gasteiger partial charge in [0.2, 0.25) is 0 Å². The van der Waals surface area contributed by atoms with Crippen molar-refractivity contribution in [3.05, 3.63) is 21.5 Å². The highest BCUT2D eigenvalue weighted by atomic mass is 16.6. The van der Waals surface area contributed by atoms with Crippen molar-refractivity contribution in [2.75, 3.05) is 13.7 Å². The number of aromatic nitrogens is 2. The quantitative estimate of drug-likeness (QED) is 0.601. The van der Waals surface area contributed by atoms with Gasteiger partial charge >= 0.3 is 11.7 Å². The van der Waals surface area contributed by atoms with Crippen molar-refractivity contribution in [3.8, 4) is 0 Å². The second-order valence-corrected chi connectivity index (χ2v) is 3.53. The van der Waals surface area contributed by atoms with Gasteiger partial charge in [-0.25, -0.2) is 9.48 Å². The minimum Gasteiger partial charge on any atom is -0.480 e. The van der Waals surface area contributed by atoms with Crippen molar-refractivity contribution in [2.45, 2.75) is 19.9 Å².